The summed E-state index contributed by atoms with van der Waals surface area (Å²) >= 11 is 7.19. The van der Waals surface area contributed by atoms with Crippen molar-refractivity contribution in [3.8, 4) is 0 Å². The van der Waals surface area contributed by atoms with Crippen molar-refractivity contribution < 1.29 is 19.1 Å². The van der Waals surface area contributed by atoms with Gasteiger partial charge in [0.1, 0.15) is 5.00 Å². The molecule has 0 atom stereocenters. The summed E-state index contributed by atoms with van der Waals surface area (Å²) in [6.07, 6.45) is 0.240. The van der Waals surface area contributed by atoms with Gasteiger partial charge in [0.2, 0.25) is 0 Å². The molecule has 0 bridgehead atoms. The first-order chi connectivity index (χ1) is 16.5. The van der Waals surface area contributed by atoms with Gasteiger partial charge < -0.3 is 29.5 Å². The minimum absolute atomic E-state index is 0.295. The van der Waals surface area contributed by atoms with Crippen LogP contribution >= 0.6 is 23.6 Å². The Hall–Kier alpha value is -2.85. The van der Waals surface area contributed by atoms with E-state index in [9.17, 15) is 9.59 Å². The minimum atomic E-state index is -0.358. The zero-order valence-corrected chi connectivity index (χ0v) is 21.2. The van der Waals surface area contributed by atoms with Crippen molar-refractivity contribution in [2.75, 3.05) is 56.2 Å². The topological polar surface area (TPSA) is 74.4 Å². The molecule has 1 N–H and O–H groups in total. The van der Waals surface area contributed by atoms with Crippen molar-refractivity contribution in [2.24, 2.45) is 0 Å². The standard InChI is InChI=1S/C24H30N4O4S2/c1-3-31-22(29)20-18-10-11-28(24(30)32-4-2)16-19(18)34-21(20)25-23(33)27-14-12-26(13-15-27)17-8-6-5-7-9-17/h5-9H,3-4,10-16H2,1-2H3,(H,25,33). The van der Waals surface area contributed by atoms with E-state index >= 15 is 0 Å². The van der Waals surface area contributed by atoms with Crippen molar-refractivity contribution in [2.45, 2.75) is 26.8 Å². The van der Waals surface area contributed by atoms with Gasteiger partial charge >= 0.3 is 12.1 Å². The lowest BCUT2D eigenvalue weighted by atomic mass is 10.0. The fraction of sp³-hybridized carbons (Fsp3) is 0.458. The third-order valence-corrected chi connectivity index (χ3v) is 7.46. The quantitative estimate of drug-likeness (QED) is 0.487. The van der Waals surface area contributed by atoms with Crippen molar-refractivity contribution in [1.29, 1.82) is 0 Å². The molecule has 2 aromatic rings. The molecule has 8 nitrogen and oxygen atoms in total. The van der Waals surface area contributed by atoms with Crippen molar-refractivity contribution in [1.82, 2.24) is 9.80 Å². The van der Waals surface area contributed by atoms with Crippen LogP contribution in [0.15, 0.2) is 30.3 Å². The number of rotatable bonds is 5. The first-order valence-electron chi connectivity index (χ1n) is 11.6. The fourth-order valence-corrected chi connectivity index (χ4v) is 5.86. The Morgan fingerprint density at radius 2 is 1.71 bits per heavy atom. The van der Waals surface area contributed by atoms with Crippen LogP contribution in [-0.4, -0.2) is 72.9 Å². The van der Waals surface area contributed by atoms with Crippen LogP contribution in [0.25, 0.3) is 0 Å². The Kier molecular flexibility index (Phi) is 7.89. The summed E-state index contributed by atoms with van der Waals surface area (Å²) < 4.78 is 10.5. The molecule has 0 unspecified atom stereocenters. The van der Waals surface area contributed by atoms with Crippen molar-refractivity contribution in [3.63, 3.8) is 0 Å². The van der Waals surface area contributed by atoms with Gasteiger partial charge in [-0.2, -0.15) is 0 Å². The molecule has 182 valence electrons. The van der Waals surface area contributed by atoms with E-state index in [1.807, 2.05) is 18.2 Å². The van der Waals surface area contributed by atoms with E-state index in [1.54, 1.807) is 18.7 Å². The number of nitrogens with zero attached hydrogens (tertiary/aromatic N) is 3. The molecule has 2 aliphatic rings. The smallest absolute Gasteiger partial charge is 0.410 e. The van der Waals surface area contributed by atoms with Gasteiger partial charge in [0, 0.05) is 43.3 Å². The van der Waals surface area contributed by atoms with Gasteiger partial charge in [0.05, 0.1) is 25.3 Å². The van der Waals surface area contributed by atoms with E-state index in [4.69, 9.17) is 21.7 Å². The normalized spacial score (nSPS) is 15.5. The zero-order chi connectivity index (χ0) is 24.1. The lowest BCUT2D eigenvalue weighted by molar-refractivity contribution is 0.0526. The molecule has 4 rings (SSSR count). The summed E-state index contributed by atoms with van der Waals surface area (Å²) in [7, 11) is 0. The molecular weight excluding hydrogens is 472 g/mol. The number of carbonyl (C=O) groups excluding carboxylic acids is 2. The van der Waals surface area contributed by atoms with Gasteiger partial charge in [-0.05, 0) is 50.2 Å². The number of thiocarbonyl (C=S) groups is 1. The van der Waals surface area contributed by atoms with Crippen LogP contribution in [0, 0.1) is 0 Å². The van der Waals surface area contributed by atoms with Gasteiger partial charge in [-0.1, -0.05) is 18.2 Å². The second-order valence-electron chi connectivity index (χ2n) is 8.04. The zero-order valence-electron chi connectivity index (χ0n) is 19.5. The van der Waals surface area contributed by atoms with Gasteiger partial charge in [-0.25, -0.2) is 9.59 Å². The Morgan fingerprint density at radius 1 is 1.00 bits per heavy atom. The van der Waals surface area contributed by atoms with Gasteiger partial charge in [0.15, 0.2) is 5.11 Å². The number of ether oxygens (including phenoxy) is 2. The van der Waals surface area contributed by atoms with Crippen LogP contribution in [0.1, 0.15) is 34.6 Å². The predicted molar refractivity (Wildman–Crippen MR) is 138 cm³/mol. The maximum atomic E-state index is 12.8. The highest BCUT2D eigenvalue weighted by Crippen LogP contribution is 2.38. The first-order valence-corrected chi connectivity index (χ1v) is 12.8. The molecule has 0 aliphatic carbocycles. The van der Waals surface area contributed by atoms with Crippen LogP contribution in [0.4, 0.5) is 15.5 Å². The Morgan fingerprint density at radius 3 is 2.38 bits per heavy atom. The van der Waals surface area contributed by atoms with Crippen LogP contribution in [0.3, 0.4) is 0 Å². The number of nitrogens with one attached hydrogen (secondary N) is 1. The molecule has 0 saturated carbocycles. The molecule has 1 saturated heterocycles. The molecule has 3 heterocycles. The van der Waals surface area contributed by atoms with Crippen molar-refractivity contribution in [3.05, 3.63) is 46.3 Å². The largest absolute Gasteiger partial charge is 0.462 e. The van der Waals surface area contributed by atoms with E-state index < -0.39 is 0 Å². The highest BCUT2D eigenvalue weighted by molar-refractivity contribution is 7.80. The number of esters is 1. The summed E-state index contributed by atoms with van der Waals surface area (Å²) in [5.74, 6) is -0.358. The van der Waals surface area contributed by atoms with Gasteiger partial charge in [0.25, 0.3) is 0 Å². The molecule has 1 amide bonds. The number of carbonyl (C=O) groups is 2. The number of piperazine rings is 1. The lowest BCUT2D eigenvalue weighted by Crippen LogP contribution is -2.50. The number of anilines is 2. The molecular formula is C24H30N4O4S2. The predicted octanol–water partition coefficient (Wildman–Crippen LogP) is 3.96. The number of benzene rings is 1. The maximum Gasteiger partial charge on any atom is 0.410 e. The molecule has 1 aromatic heterocycles. The molecule has 0 spiro atoms. The Bertz CT molecular complexity index is 1040. The van der Waals surface area contributed by atoms with E-state index in [0.29, 0.717) is 48.4 Å². The van der Waals surface area contributed by atoms with E-state index in [-0.39, 0.29) is 12.1 Å². The average molecular weight is 503 g/mol. The van der Waals surface area contributed by atoms with E-state index in [0.717, 1.165) is 36.6 Å². The van der Waals surface area contributed by atoms with Gasteiger partial charge in [-0.3, -0.25) is 0 Å². The highest BCUT2D eigenvalue weighted by Gasteiger charge is 2.32. The summed E-state index contributed by atoms with van der Waals surface area (Å²) in [6, 6.07) is 10.4. The van der Waals surface area contributed by atoms with Crippen LogP contribution in [0.5, 0.6) is 0 Å². The van der Waals surface area contributed by atoms with Crippen LogP contribution in [0.2, 0.25) is 0 Å². The third kappa shape index (κ3) is 5.28. The summed E-state index contributed by atoms with van der Waals surface area (Å²) in [4.78, 5) is 32.2. The number of amides is 1. The molecule has 1 aromatic carbocycles. The third-order valence-electron chi connectivity index (χ3n) is 5.97. The first kappa shape index (κ1) is 24.3. The van der Waals surface area contributed by atoms with Crippen LogP contribution in [-0.2, 0) is 22.4 Å². The SMILES string of the molecule is CCOC(=O)c1c(NC(=S)N2CCN(c3ccccc3)CC2)sc2c1CCN(C(=O)OCC)C2. The minimum Gasteiger partial charge on any atom is -0.462 e. The maximum absolute atomic E-state index is 12.8. The molecule has 1 fully saturated rings. The highest BCUT2D eigenvalue weighted by atomic mass is 32.1. The lowest BCUT2D eigenvalue weighted by Gasteiger charge is -2.37. The molecule has 2 aliphatic heterocycles. The molecule has 34 heavy (non-hydrogen) atoms. The van der Waals surface area contributed by atoms with Crippen LogP contribution < -0.4 is 10.2 Å². The second-order valence-corrected chi connectivity index (χ2v) is 9.53. The fourth-order valence-electron chi connectivity index (χ4n) is 4.26. The molecule has 10 heteroatoms. The second kappa shape index (κ2) is 11.1. The van der Waals surface area contributed by atoms with Gasteiger partial charge in [-0.15, -0.1) is 11.3 Å². The number of hydrogen-bond donors (Lipinski definition) is 1. The number of hydrogen-bond acceptors (Lipinski definition) is 7. The average Bonchev–Trinajstić information content (AvgIpc) is 3.22. The van der Waals surface area contributed by atoms with E-state index in [2.05, 4.69) is 27.2 Å². The summed E-state index contributed by atoms with van der Waals surface area (Å²) in [5, 5.41) is 4.60. The summed E-state index contributed by atoms with van der Waals surface area (Å²) in [5.41, 5.74) is 2.68. The number of thiophene rings is 1. The van der Waals surface area contributed by atoms with Crippen molar-refractivity contribution >= 4 is 51.4 Å². The van der Waals surface area contributed by atoms with E-state index in [1.165, 1.54) is 17.0 Å². The Labute approximate surface area is 209 Å². The monoisotopic (exact) mass is 502 g/mol. The number of para-hydroxylation sites is 1. The Balaban J connectivity index is 1.47. The molecule has 0 radical (unpaired) electrons. The summed E-state index contributed by atoms with van der Waals surface area (Å²) in [6.45, 7) is 8.44. The number of fused-ring (bicyclic) bond motifs is 1.